The van der Waals surface area contributed by atoms with Gasteiger partial charge in [0.2, 0.25) is 0 Å². The third-order valence-electron chi connectivity index (χ3n) is 3.12. The van der Waals surface area contributed by atoms with Crippen LogP contribution in [-0.2, 0) is 10.1 Å². The van der Waals surface area contributed by atoms with Crippen LogP contribution >= 0.6 is 0 Å². The number of nitrogens with zero attached hydrogens (tertiary/aromatic N) is 2. The Labute approximate surface area is 151 Å². The fourth-order valence-electron chi connectivity index (χ4n) is 1.86. The summed E-state index contributed by atoms with van der Waals surface area (Å²) in [5.74, 6) is 0. The van der Waals surface area contributed by atoms with E-state index < -0.39 is 10.1 Å². The summed E-state index contributed by atoms with van der Waals surface area (Å²) >= 11 is 0. The second-order valence-corrected chi connectivity index (χ2v) is 6.56. The summed E-state index contributed by atoms with van der Waals surface area (Å²) in [7, 11) is -4.00. The van der Waals surface area contributed by atoms with Gasteiger partial charge >= 0.3 is 0 Å². The van der Waals surface area contributed by atoms with Crippen molar-refractivity contribution in [3.63, 3.8) is 0 Å². The monoisotopic (exact) mass is 370 g/mol. The molecule has 0 radical (unpaired) electrons. The van der Waals surface area contributed by atoms with Gasteiger partial charge in [0, 0.05) is 5.69 Å². The lowest BCUT2D eigenvalue weighted by atomic mass is 10.2. The summed E-state index contributed by atoms with van der Waals surface area (Å²) in [6.45, 7) is 0. The first-order chi connectivity index (χ1) is 12.4. The zero-order chi connectivity index (χ0) is 19.0. The molecule has 0 aliphatic rings. The second kappa shape index (κ2) is 8.75. The highest BCUT2D eigenvalue weighted by atomic mass is 32.2. The van der Waals surface area contributed by atoms with Crippen LogP contribution in [-0.4, -0.2) is 13.0 Å². The lowest BCUT2D eigenvalue weighted by molar-refractivity contribution is 0.483. The Kier molecular flexibility index (Phi) is 6.42. The van der Waals surface area contributed by atoms with Gasteiger partial charge in [0.15, 0.2) is 0 Å². The van der Waals surface area contributed by atoms with Gasteiger partial charge in [-0.2, -0.15) is 13.5 Å². The van der Waals surface area contributed by atoms with Gasteiger partial charge in [-0.05, 0) is 42.5 Å². The van der Waals surface area contributed by atoms with Crippen LogP contribution in [0.2, 0.25) is 0 Å². The minimum Gasteiger partial charge on any atom is -0.399 e. The third-order valence-corrected chi connectivity index (χ3v) is 3.99. The number of hydrogen-bond acceptors (Lipinski definition) is 6. The molecule has 3 aromatic carbocycles. The van der Waals surface area contributed by atoms with Crippen molar-refractivity contribution in [2.24, 2.45) is 10.2 Å². The van der Waals surface area contributed by atoms with Crippen molar-refractivity contribution in [1.29, 1.82) is 0 Å². The van der Waals surface area contributed by atoms with Crippen molar-refractivity contribution in [2.75, 3.05) is 11.5 Å². The fraction of sp³-hybridized carbons (Fsp3) is 0. The Morgan fingerprint density at radius 2 is 1.35 bits per heavy atom. The number of benzene rings is 3. The average Bonchev–Trinajstić information content (AvgIpc) is 2.62. The summed E-state index contributed by atoms with van der Waals surface area (Å²) in [5, 5.41) is 8.13. The second-order valence-electron chi connectivity index (χ2n) is 5.14. The summed E-state index contributed by atoms with van der Waals surface area (Å²) in [5.41, 5.74) is 13.9. The van der Waals surface area contributed by atoms with Gasteiger partial charge in [0.25, 0.3) is 10.1 Å². The van der Waals surface area contributed by atoms with E-state index in [0.29, 0.717) is 17.1 Å². The maximum absolute atomic E-state index is 10.4. The van der Waals surface area contributed by atoms with E-state index in [1.165, 1.54) is 12.1 Å². The zero-order valence-corrected chi connectivity index (χ0v) is 14.5. The Hall–Kier alpha value is -3.23. The minimum absolute atomic E-state index is 0.0741. The molecule has 0 aromatic heterocycles. The van der Waals surface area contributed by atoms with E-state index in [0.717, 1.165) is 5.69 Å². The Morgan fingerprint density at radius 1 is 0.769 bits per heavy atom. The predicted octanol–water partition coefficient (Wildman–Crippen LogP) is 4.20. The molecule has 0 amide bonds. The van der Waals surface area contributed by atoms with Crippen molar-refractivity contribution >= 4 is 32.9 Å². The molecule has 0 saturated heterocycles. The maximum atomic E-state index is 10.4. The van der Waals surface area contributed by atoms with Gasteiger partial charge in [-0.1, -0.05) is 36.4 Å². The summed E-state index contributed by atoms with van der Waals surface area (Å²) < 4.78 is 29.2. The SMILES string of the molecule is Nc1ccc(N=Nc2ccccc2)c(N)c1.O=S(=O)(O)c1ccccc1. The van der Waals surface area contributed by atoms with Crippen LogP contribution in [0.15, 0.2) is 94.0 Å². The number of nitrogens with two attached hydrogens (primary N) is 2. The molecular weight excluding hydrogens is 352 g/mol. The Balaban J connectivity index is 0.000000209. The molecule has 0 spiro atoms. The first-order valence-electron chi connectivity index (χ1n) is 7.50. The Bertz CT molecular complexity index is 976. The van der Waals surface area contributed by atoms with Crippen molar-refractivity contribution in [3.8, 4) is 0 Å². The normalized spacial score (nSPS) is 11.0. The number of anilines is 2. The summed E-state index contributed by atoms with van der Waals surface area (Å²) in [6.07, 6.45) is 0. The van der Waals surface area contributed by atoms with Crippen LogP contribution in [0.25, 0.3) is 0 Å². The average molecular weight is 370 g/mol. The number of azo groups is 1. The van der Waals surface area contributed by atoms with Crippen LogP contribution < -0.4 is 11.5 Å². The zero-order valence-electron chi connectivity index (χ0n) is 13.7. The molecule has 7 nitrogen and oxygen atoms in total. The molecule has 0 aliphatic carbocycles. The van der Waals surface area contributed by atoms with Crippen LogP contribution in [0.4, 0.5) is 22.7 Å². The lowest BCUT2D eigenvalue weighted by Gasteiger charge is -1.99. The molecule has 8 heteroatoms. The number of hydrogen-bond donors (Lipinski definition) is 3. The summed E-state index contributed by atoms with van der Waals surface area (Å²) in [4.78, 5) is -0.0741. The molecule has 134 valence electrons. The van der Waals surface area contributed by atoms with Gasteiger partial charge in [-0.25, -0.2) is 0 Å². The van der Waals surface area contributed by atoms with Gasteiger partial charge in [0.1, 0.15) is 5.69 Å². The Morgan fingerprint density at radius 3 is 1.85 bits per heavy atom. The van der Waals surface area contributed by atoms with E-state index >= 15 is 0 Å². The molecular formula is C18H18N4O3S. The van der Waals surface area contributed by atoms with Gasteiger partial charge in [-0.3, -0.25) is 4.55 Å². The molecule has 0 aliphatic heterocycles. The van der Waals surface area contributed by atoms with Crippen LogP contribution in [0, 0.1) is 0 Å². The maximum Gasteiger partial charge on any atom is 0.294 e. The minimum atomic E-state index is -4.00. The van der Waals surface area contributed by atoms with Crippen LogP contribution in [0.1, 0.15) is 0 Å². The van der Waals surface area contributed by atoms with Gasteiger partial charge < -0.3 is 11.5 Å². The van der Waals surface area contributed by atoms with Crippen molar-refractivity contribution in [2.45, 2.75) is 4.90 Å². The van der Waals surface area contributed by atoms with E-state index in [1.54, 1.807) is 36.4 Å². The van der Waals surface area contributed by atoms with Gasteiger partial charge in [0.05, 0.1) is 16.3 Å². The summed E-state index contributed by atoms with van der Waals surface area (Å²) in [6, 6.07) is 22.1. The van der Waals surface area contributed by atoms with E-state index in [4.69, 9.17) is 16.0 Å². The largest absolute Gasteiger partial charge is 0.399 e. The predicted molar refractivity (Wildman–Crippen MR) is 102 cm³/mol. The molecule has 3 rings (SSSR count). The number of rotatable bonds is 3. The highest BCUT2D eigenvalue weighted by Gasteiger charge is 2.05. The van der Waals surface area contributed by atoms with E-state index in [2.05, 4.69) is 10.2 Å². The molecule has 0 saturated carbocycles. The van der Waals surface area contributed by atoms with Crippen molar-refractivity contribution < 1.29 is 13.0 Å². The topological polar surface area (TPSA) is 131 Å². The molecule has 0 heterocycles. The molecule has 0 fully saturated rings. The number of nitrogen functional groups attached to an aromatic ring is 2. The highest BCUT2D eigenvalue weighted by molar-refractivity contribution is 7.85. The molecule has 3 aromatic rings. The lowest BCUT2D eigenvalue weighted by Crippen LogP contribution is -1.96. The fourth-order valence-corrected chi connectivity index (χ4v) is 2.36. The molecule has 0 atom stereocenters. The van der Waals surface area contributed by atoms with Crippen LogP contribution in [0.3, 0.4) is 0 Å². The van der Waals surface area contributed by atoms with Crippen molar-refractivity contribution in [1.82, 2.24) is 0 Å². The van der Waals surface area contributed by atoms with E-state index in [-0.39, 0.29) is 4.90 Å². The van der Waals surface area contributed by atoms with Crippen LogP contribution in [0.5, 0.6) is 0 Å². The third kappa shape index (κ3) is 6.00. The standard InChI is InChI=1S/C12H12N4.C6H6O3S/c13-9-6-7-12(11(14)8-9)16-15-10-4-2-1-3-5-10;7-10(8,9)6-4-2-1-3-5-6/h1-8H,13-14H2;1-5H,(H,7,8,9). The molecule has 26 heavy (non-hydrogen) atoms. The molecule has 5 N–H and O–H groups in total. The van der Waals surface area contributed by atoms with Crippen molar-refractivity contribution in [3.05, 3.63) is 78.9 Å². The van der Waals surface area contributed by atoms with Gasteiger partial charge in [-0.15, -0.1) is 5.11 Å². The quantitative estimate of drug-likeness (QED) is 0.361. The van der Waals surface area contributed by atoms with E-state index in [9.17, 15) is 8.42 Å². The first-order valence-corrected chi connectivity index (χ1v) is 8.94. The molecule has 0 unspecified atom stereocenters. The first kappa shape index (κ1) is 19.1. The smallest absolute Gasteiger partial charge is 0.294 e. The molecule has 0 bridgehead atoms. The highest BCUT2D eigenvalue weighted by Crippen LogP contribution is 2.26. The van der Waals surface area contributed by atoms with E-state index in [1.807, 2.05) is 30.3 Å².